The van der Waals surface area contributed by atoms with Crippen LogP contribution in [0.5, 0.6) is 0 Å². The number of nitrogens with zero attached hydrogens (tertiary/aromatic N) is 5. The predicted octanol–water partition coefficient (Wildman–Crippen LogP) is 5.75. The SMILES string of the molecule is CC1CCC2(CCc3c(nc(CCC45CCCN4CC(F)C5)nc3N3CCC3(C)C)C2)c2c1ccc(N)c2C#N. The number of rotatable bonds is 4. The highest BCUT2D eigenvalue weighted by Gasteiger charge is 2.49. The van der Waals surface area contributed by atoms with E-state index < -0.39 is 6.17 Å². The Morgan fingerprint density at radius 3 is 2.75 bits per heavy atom. The molecule has 7 heteroatoms. The normalized spacial score (nSPS) is 32.3. The molecule has 212 valence electrons. The predicted molar refractivity (Wildman–Crippen MR) is 156 cm³/mol. The van der Waals surface area contributed by atoms with Crippen molar-refractivity contribution in [2.24, 2.45) is 0 Å². The molecule has 1 aromatic carbocycles. The van der Waals surface area contributed by atoms with Crippen LogP contribution in [-0.2, 0) is 24.7 Å². The number of nitriles is 1. The third-order valence-corrected chi connectivity index (χ3v) is 11.5. The lowest BCUT2D eigenvalue weighted by molar-refractivity contribution is 0.181. The fourth-order valence-electron chi connectivity index (χ4n) is 9.03. The zero-order valence-electron chi connectivity index (χ0n) is 24.4. The molecule has 1 spiro atoms. The Labute approximate surface area is 238 Å². The zero-order valence-corrected chi connectivity index (χ0v) is 24.4. The van der Waals surface area contributed by atoms with Crippen molar-refractivity contribution >= 4 is 11.5 Å². The molecule has 6 nitrogen and oxygen atoms in total. The summed E-state index contributed by atoms with van der Waals surface area (Å²) in [5, 5.41) is 10.2. The highest BCUT2D eigenvalue weighted by Crippen LogP contribution is 2.53. The van der Waals surface area contributed by atoms with Gasteiger partial charge in [0.15, 0.2) is 0 Å². The molecule has 4 heterocycles. The second-order valence-electron chi connectivity index (χ2n) is 14.2. The molecule has 4 unspecified atom stereocenters. The number of benzene rings is 1. The van der Waals surface area contributed by atoms with Gasteiger partial charge in [-0.3, -0.25) is 4.90 Å². The Morgan fingerprint density at radius 1 is 1.15 bits per heavy atom. The lowest BCUT2D eigenvalue weighted by Crippen LogP contribution is -2.57. The molecule has 0 amide bonds. The Kier molecular flexibility index (Phi) is 5.99. The van der Waals surface area contributed by atoms with Gasteiger partial charge in [-0.2, -0.15) is 5.26 Å². The van der Waals surface area contributed by atoms with Gasteiger partial charge in [-0.25, -0.2) is 14.4 Å². The molecule has 2 aliphatic carbocycles. The second-order valence-corrected chi connectivity index (χ2v) is 14.2. The highest BCUT2D eigenvalue weighted by molar-refractivity contribution is 5.65. The second kappa shape index (κ2) is 9.14. The summed E-state index contributed by atoms with van der Waals surface area (Å²) in [5.74, 6) is 2.46. The van der Waals surface area contributed by atoms with Crippen LogP contribution in [0.1, 0.15) is 112 Å². The molecular formula is C33H43FN6. The van der Waals surface area contributed by atoms with Gasteiger partial charge in [0, 0.05) is 47.3 Å². The van der Waals surface area contributed by atoms with Gasteiger partial charge in [-0.1, -0.05) is 13.0 Å². The van der Waals surface area contributed by atoms with Crippen LogP contribution in [0, 0.1) is 11.3 Å². The molecule has 5 aliphatic rings. The van der Waals surface area contributed by atoms with E-state index in [1.54, 1.807) is 0 Å². The van der Waals surface area contributed by atoms with Crippen LogP contribution in [0.25, 0.3) is 0 Å². The quantitative estimate of drug-likeness (QED) is 0.495. The maximum Gasteiger partial charge on any atom is 0.136 e. The third-order valence-electron chi connectivity index (χ3n) is 11.5. The highest BCUT2D eigenvalue weighted by atomic mass is 19.1. The summed E-state index contributed by atoms with van der Waals surface area (Å²) in [7, 11) is 0. The van der Waals surface area contributed by atoms with Crippen LogP contribution >= 0.6 is 0 Å². The minimum atomic E-state index is -0.711. The summed E-state index contributed by atoms with van der Waals surface area (Å²) in [6, 6.07) is 6.57. The van der Waals surface area contributed by atoms with E-state index in [4.69, 9.17) is 15.7 Å². The molecule has 0 bridgehead atoms. The largest absolute Gasteiger partial charge is 0.398 e. The van der Waals surface area contributed by atoms with E-state index >= 15 is 0 Å². The van der Waals surface area contributed by atoms with Gasteiger partial charge in [0.25, 0.3) is 0 Å². The Bertz CT molecular complexity index is 1400. The summed E-state index contributed by atoms with van der Waals surface area (Å²) in [4.78, 5) is 15.5. The average molecular weight is 543 g/mol. The van der Waals surface area contributed by atoms with Gasteiger partial charge in [-0.15, -0.1) is 0 Å². The van der Waals surface area contributed by atoms with E-state index in [-0.39, 0.29) is 16.5 Å². The van der Waals surface area contributed by atoms with E-state index in [0.717, 1.165) is 94.6 Å². The van der Waals surface area contributed by atoms with Gasteiger partial charge < -0.3 is 10.6 Å². The summed E-state index contributed by atoms with van der Waals surface area (Å²) in [5.41, 5.74) is 12.6. The van der Waals surface area contributed by atoms with Crippen LogP contribution in [-0.4, -0.2) is 51.8 Å². The van der Waals surface area contributed by atoms with Crippen molar-refractivity contribution < 1.29 is 4.39 Å². The molecule has 3 aliphatic heterocycles. The van der Waals surface area contributed by atoms with E-state index in [0.29, 0.717) is 30.1 Å². The Hall–Kier alpha value is -2.72. The molecule has 4 atom stereocenters. The van der Waals surface area contributed by atoms with Crippen molar-refractivity contribution in [2.45, 2.75) is 120 Å². The molecule has 0 saturated carbocycles. The number of alkyl halides is 1. The summed E-state index contributed by atoms with van der Waals surface area (Å²) < 4.78 is 14.5. The van der Waals surface area contributed by atoms with Crippen molar-refractivity contribution in [3.8, 4) is 6.07 Å². The number of anilines is 2. The molecule has 40 heavy (non-hydrogen) atoms. The van der Waals surface area contributed by atoms with Crippen molar-refractivity contribution in [3.63, 3.8) is 0 Å². The summed E-state index contributed by atoms with van der Waals surface area (Å²) in [6.07, 6.45) is 9.99. The first-order chi connectivity index (χ1) is 19.1. The molecule has 2 aromatic rings. The van der Waals surface area contributed by atoms with E-state index in [9.17, 15) is 9.65 Å². The van der Waals surface area contributed by atoms with Crippen LogP contribution in [0.3, 0.4) is 0 Å². The number of hydrogen-bond acceptors (Lipinski definition) is 6. The summed E-state index contributed by atoms with van der Waals surface area (Å²) >= 11 is 0. The van der Waals surface area contributed by atoms with E-state index in [1.165, 1.54) is 16.7 Å². The maximum absolute atomic E-state index is 14.5. The average Bonchev–Trinajstić information content (AvgIpc) is 3.44. The number of nitrogen functional groups attached to an aromatic ring is 1. The first-order valence-corrected chi connectivity index (χ1v) is 15.5. The molecule has 2 N–H and O–H groups in total. The van der Waals surface area contributed by atoms with Crippen molar-refractivity contribution in [3.05, 3.63) is 45.9 Å². The third kappa shape index (κ3) is 3.89. The molecule has 3 fully saturated rings. The number of aryl methyl sites for hydroxylation is 1. The van der Waals surface area contributed by atoms with Crippen LogP contribution in [0.15, 0.2) is 12.1 Å². The van der Waals surface area contributed by atoms with Gasteiger partial charge in [0.1, 0.15) is 23.9 Å². The lowest BCUT2D eigenvalue weighted by atomic mass is 9.59. The number of nitrogens with two attached hydrogens (primary N) is 1. The smallest absolute Gasteiger partial charge is 0.136 e. The first kappa shape index (κ1) is 26.2. The number of fused-ring (bicyclic) bond motifs is 4. The monoisotopic (exact) mass is 542 g/mol. The summed E-state index contributed by atoms with van der Waals surface area (Å²) in [6.45, 7) is 9.53. The Morgan fingerprint density at radius 2 is 2.00 bits per heavy atom. The van der Waals surface area contributed by atoms with Gasteiger partial charge in [-0.05, 0) is 108 Å². The lowest BCUT2D eigenvalue weighted by Gasteiger charge is -2.51. The number of hydrogen-bond donors (Lipinski definition) is 1. The van der Waals surface area contributed by atoms with E-state index in [2.05, 4.69) is 42.7 Å². The van der Waals surface area contributed by atoms with Gasteiger partial charge in [0.2, 0.25) is 0 Å². The van der Waals surface area contributed by atoms with E-state index in [1.807, 2.05) is 6.07 Å². The minimum Gasteiger partial charge on any atom is -0.398 e. The zero-order chi connectivity index (χ0) is 27.9. The van der Waals surface area contributed by atoms with Crippen LogP contribution in [0.4, 0.5) is 15.9 Å². The Balaban J connectivity index is 1.28. The molecule has 7 rings (SSSR count). The topological polar surface area (TPSA) is 82.1 Å². The van der Waals surface area contributed by atoms with Crippen LogP contribution in [0.2, 0.25) is 0 Å². The number of aromatic nitrogens is 2. The van der Waals surface area contributed by atoms with Crippen molar-refractivity contribution in [1.82, 2.24) is 14.9 Å². The fourth-order valence-corrected chi connectivity index (χ4v) is 9.03. The minimum absolute atomic E-state index is 0.0201. The number of halogens is 1. The van der Waals surface area contributed by atoms with Crippen LogP contribution < -0.4 is 10.6 Å². The molecule has 0 radical (unpaired) electrons. The fraction of sp³-hybridized carbons (Fsp3) is 0.667. The van der Waals surface area contributed by atoms with Gasteiger partial charge in [0.05, 0.1) is 11.3 Å². The first-order valence-electron chi connectivity index (χ1n) is 15.5. The molecule has 3 saturated heterocycles. The van der Waals surface area contributed by atoms with Gasteiger partial charge >= 0.3 is 0 Å². The van der Waals surface area contributed by atoms with Crippen molar-refractivity contribution in [2.75, 3.05) is 30.3 Å². The van der Waals surface area contributed by atoms with Crippen molar-refractivity contribution in [1.29, 1.82) is 5.26 Å². The molecule has 1 aromatic heterocycles. The molecular weight excluding hydrogens is 499 g/mol. The standard InChI is InChI=1S/C33H43FN6/c1-21-7-11-32(29-23(21)5-6-26(36)25(29)19-35)12-8-24-27(18-32)37-28(38-30(24)40-16-14-31(40,2)3)9-13-33-10-4-15-39(33)20-22(34)17-33/h5-6,21-22H,4,7-18,20,36H2,1-3H3. The maximum atomic E-state index is 14.5.